The van der Waals surface area contributed by atoms with Crippen molar-refractivity contribution in [1.82, 2.24) is 15.6 Å². The van der Waals surface area contributed by atoms with Crippen LogP contribution in [0.1, 0.15) is 44.0 Å². The monoisotopic (exact) mass is 466 g/mol. The minimum atomic E-state index is -0.0690. The number of methoxy groups -OCH3 is 1. The molecule has 1 saturated carbocycles. The summed E-state index contributed by atoms with van der Waals surface area (Å²) in [5.74, 6) is 0.886. The van der Waals surface area contributed by atoms with Crippen molar-refractivity contribution in [2.75, 3.05) is 20.2 Å². The zero-order valence-corrected chi connectivity index (χ0v) is 18.7. The van der Waals surface area contributed by atoms with Crippen LogP contribution in [0.3, 0.4) is 0 Å². The van der Waals surface area contributed by atoms with E-state index in [-0.39, 0.29) is 35.0 Å². The van der Waals surface area contributed by atoms with Gasteiger partial charge in [-0.25, -0.2) is 4.98 Å². The highest BCUT2D eigenvalue weighted by Crippen LogP contribution is 2.51. The Labute approximate surface area is 167 Å². The molecule has 2 atom stereocenters. The number of thiazole rings is 1. The lowest BCUT2D eigenvalue weighted by atomic mass is 9.56. The normalized spacial score (nSPS) is 25.6. The van der Waals surface area contributed by atoms with Crippen LogP contribution in [0.25, 0.3) is 0 Å². The molecule has 0 radical (unpaired) electrons. The quantitative estimate of drug-likeness (QED) is 0.384. The molecule has 2 N–H and O–H groups in total. The number of nitrogens with one attached hydrogen (secondary N) is 2. The molecule has 0 amide bonds. The molecule has 1 heterocycles. The standard InChI is InChI=1S/C17H30N4OS.HI/c1-7-18-15(19-9-8-14-20-11-12(2)23-14)21-13-10-17(5,22-6)16(13,3)4;/h11,13H,7-10H2,1-6H3,(H2,18,19,21);1H. The summed E-state index contributed by atoms with van der Waals surface area (Å²) in [6, 6.07) is 0.368. The summed E-state index contributed by atoms with van der Waals surface area (Å²) in [7, 11) is 1.80. The van der Waals surface area contributed by atoms with Crippen LogP contribution in [-0.2, 0) is 11.2 Å². The Hall–Kier alpha value is -0.410. The minimum Gasteiger partial charge on any atom is -0.378 e. The zero-order valence-electron chi connectivity index (χ0n) is 15.6. The van der Waals surface area contributed by atoms with E-state index in [0.717, 1.165) is 36.9 Å². The van der Waals surface area contributed by atoms with Crippen molar-refractivity contribution >= 4 is 41.3 Å². The van der Waals surface area contributed by atoms with Gasteiger partial charge < -0.3 is 15.4 Å². The van der Waals surface area contributed by atoms with Gasteiger partial charge in [0.15, 0.2) is 5.96 Å². The summed E-state index contributed by atoms with van der Waals surface area (Å²) in [4.78, 5) is 10.3. The lowest BCUT2D eigenvalue weighted by Crippen LogP contribution is -2.69. The highest BCUT2D eigenvalue weighted by molar-refractivity contribution is 14.0. The van der Waals surface area contributed by atoms with Gasteiger partial charge in [0.2, 0.25) is 0 Å². The zero-order chi connectivity index (χ0) is 17.1. The van der Waals surface area contributed by atoms with E-state index < -0.39 is 0 Å². The van der Waals surface area contributed by atoms with Gasteiger partial charge in [0.05, 0.1) is 10.6 Å². The Morgan fingerprint density at radius 3 is 2.67 bits per heavy atom. The number of ether oxygens (including phenoxy) is 1. The number of nitrogens with zero attached hydrogens (tertiary/aromatic N) is 2. The van der Waals surface area contributed by atoms with Crippen LogP contribution in [0.15, 0.2) is 11.2 Å². The van der Waals surface area contributed by atoms with E-state index in [2.05, 4.69) is 50.2 Å². The first kappa shape index (κ1) is 21.6. The second-order valence-electron chi connectivity index (χ2n) is 6.93. The van der Waals surface area contributed by atoms with Gasteiger partial charge in [0.25, 0.3) is 0 Å². The first-order valence-corrected chi connectivity index (χ1v) is 9.15. The lowest BCUT2D eigenvalue weighted by molar-refractivity contribution is -0.176. The van der Waals surface area contributed by atoms with E-state index in [1.54, 1.807) is 18.4 Å². The van der Waals surface area contributed by atoms with Crippen LogP contribution < -0.4 is 10.6 Å². The number of aryl methyl sites for hydroxylation is 1. The van der Waals surface area contributed by atoms with Gasteiger partial charge in [-0.15, -0.1) is 35.3 Å². The maximum Gasteiger partial charge on any atom is 0.191 e. The molecule has 1 aliphatic rings. The maximum absolute atomic E-state index is 5.69. The second-order valence-corrected chi connectivity index (χ2v) is 8.25. The summed E-state index contributed by atoms with van der Waals surface area (Å²) < 4.78 is 5.69. The molecular weight excluding hydrogens is 435 g/mol. The van der Waals surface area contributed by atoms with Crippen molar-refractivity contribution in [3.05, 3.63) is 16.1 Å². The Balaban J connectivity index is 0.00000288. The Morgan fingerprint density at radius 1 is 1.46 bits per heavy atom. The average molecular weight is 466 g/mol. The van der Waals surface area contributed by atoms with E-state index in [1.807, 2.05) is 6.20 Å². The van der Waals surface area contributed by atoms with Gasteiger partial charge >= 0.3 is 0 Å². The van der Waals surface area contributed by atoms with E-state index in [9.17, 15) is 0 Å². The number of guanidine groups is 1. The van der Waals surface area contributed by atoms with Gasteiger partial charge in [-0.3, -0.25) is 4.99 Å². The number of aliphatic imine (C=N–C) groups is 1. The van der Waals surface area contributed by atoms with Crippen molar-refractivity contribution in [3.8, 4) is 0 Å². The largest absolute Gasteiger partial charge is 0.378 e. The fourth-order valence-corrected chi connectivity index (χ4v) is 3.76. The first-order chi connectivity index (χ1) is 10.8. The van der Waals surface area contributed by atoms with Crippen molar-refractivity contribution in [2.45, 2.75) is 59.1 Å². The molecular formula is C17H31IN4OS. The van der Waals surface area contributed by atoms with Gasteiger partial charge in [0, 0.05) is 49.2 Å². The summed E-state index contributed by atoms with van der Waals surface area (Å²) in [6.45, 7) is 12.5. The molecule has 1 fully saturated rings. The number of halogens is 1. The number of rotatable bonds is 6. The fourth-order valence-electron chi connectivity index (χ4n) is 2.99. The van der Waals surface area contributed by atoms with Gasteiger partial charge in [-0.05, 0) is 27.2 Å². The van der Waals surface area contributed by atoms with Crippen molar-refractivity contribution < 1.29 is 4.74 Å². The summed E-state index contributed by atoms with van der Waals surface area (Å²) in [5, 5.41) is 8.06. The van der Waals surface area contributed by atoms with E-state index in [4.69, 9.17) is 9.73 Å². The van der Waals surface area contributed by atoms with Crippen LogP contribution in [0.5, 0.6) is 0 Å². The molecule has 0 aromatic carbocycles. The molecule has 7 heteroatoms. The summed E-state index contributed by atoms with van der Waals surface area (Å²) in [6.07, 6.45) is 3.81. The Bertz CT molecular complexity index is 561. The predicted molar refractivity (Wildman–Crippen MR) is 113 cm³/mol. The average Bonchev–Trinajstić information content (AvgIpc) is 2.92. The third-order valence-corrected chi connectivity index (χ3v) is 6.17. The van der Waals surface area contributed by atoms with E-state index >= 15 is 0 Å². The summed E-state index contributed by atoms with van der Waals surface area (Å²) >= 11 is 1.75. The molecule has 1 aromatic heterocycles. The molecule has 2 unspecified atom stereocenters. The van der Waals surface area contributed by atoms with Crippen LogP contribution in [0.4, 0.5) is 0 Å². The lowest BCUT2D eigenvalue weighted by Gasteiger charge is -2.59. The van der Waals surface area contributed by atoms with Gasteiger partial charge in [-0.1, -0.05) is 13.8 Å². The molecule has 5 nitrogen and oxygen atoms in total. The third-order valence-electron chi connectivity index (χ3n) is 5.20. The molecule has 0 saturated heterocycles. The predicted octanol–water partition coefficient (Wildman–Crippen LogP) is 3.37. The van der Waals surface area contributed by atoms with Gasteiger partial charge in [-0.2, -0.15) is 0 Å². The molecule has 24 heavy (non-hydrogen) atoms. The molecule has 0 bridgehead atoms. The highest BCUT2D eigenvalue weighted by atomic mass is 127. The number of hydrogen-bond donors (Lipinski definition) is 2. The molecule has 1 aliphatic carbocycles. The molecule has 0 spiro atoms. The van der Waals surface area contributed by atoms with Crippen LogP contribution in [0.2, 0.25) is 0 Å². The topological polar surface area (TPSA) is 58.5 Å². The maximum atomic E-state index is 5.69. The van der Waals surface area contributed by atoms with Crippen LogP contribution in [-0.4, -0.2) is 42.8 Å². The Kier molecular flexibility index (Phi) is 7.93. The third kappa shape index (κ3) is 4.60. The smallest absolute Gasteiger partial charge is 0.191 e. The first-order valence-electron chi connectivity index (χ1n) is 8.33. The fraction of sp³-hybridized carbons (Fsp3) is 0.765. The van der Waals surface area contributed by atoms with Crippen molar-refractivity contribution in [1.29, 1.82) is 0 Å². The molecule has 2 rings (SSSR count). The number of hydrogen-bond acceptors (Lipinski definition) is 4. The van der Waals surface area contributed by atoms with Crippen LogP contribution in [0, 0.1) is 12.3 Å². The second kappa shape index (κ2) is 8.80. The number of aromatic nitrogens is 1. The van der Waals surface area contributed by atoms with Crippen molar-refractivity contribution in [3.63, 3.8) is 0 Å². The molecule has 0 aliphatic heterocycles. The molecule has 1 aromatic rings. The summed E-state index contributed by atoms with van der Waals surface area (Å²) in [5.41, 5.74) is 0.00473. The van der Waals surface area contributed by atoms with Crippen LogP contribution >= 0.6 is 35.3 Å². The van der Waals surface area contributed by atoms with Crippen molar-refractivity contribution in [2.24, 2.45) is 10.4 Å². The minimum absolute atomic E-state index is 0. The van der Waals surface area contributed by atoms with E-state index in [0.29, 0.717) is 6.04 Å². The van der Waals surface area contributed by atoms with E-state index in [1.165, 1.54) is 4.88 Å². The Morgan fingerprint density at radius 2 is 2.17 bits per heavy atom. The van der Waals surface area contributed by atoms with Gasteiger partial charge in [0.1, 0.15) is 0 Å². The molecule has 138 valence electrons. The SMILES string of the molecule is CCNC(=NCCc1ncc(C)s1)NC1CC(C)(OC)C1(C)C.I. The highest BCUT2D eigenvalue weighted by Gasteiger charge is 2.58.